The van der Waals surface area contributed by atoms with Gasteiger partial charge in [0.25, 0.3) is 0 Å². The highest BCUT2D eigenvalue weighted by Gasteiger charge is 2.07. The van der Waals surface area contributed by atoms with Gasteiger partial charge in [-0.1, -0.05) is 56.7 Å². The molecule has 0 N–H and O–H groups in total. The second-order valence-corrected chi connectivity index (χ2v) is 6.00. The Hall–Kier alpha value is -1.96. The highest BCUT2D eigenvalue weighted by Crippen LogP contribution is 2.15. The van der Waals surface area contributed by atoms with E-state index < -0.39 is 0 Å². The third kappa shape index (κ3) is 5.02. The fourth-order valence-electron chi connectivity index (χ4n) is 2.78. The fourth-order valence-corrected chi connectivity index (χ4v) is 2.78. The van der Waals surface area contributed by atoms with Gasteiger partial charge in [-0.15, -0.1) is 0 Å². The van der Waals surface area contributed by atoms with Gasteiger partial charge in [0.1, 0.15) is 5.82 Å². The number of Topliss-reactive ketones (excluding diaryl/α,β-unsaturated/α-hetero) is 1. The molecule has 0 fully saturated rings. The van der Waals surface area contributed by atoms with Gasteiger partial charge in [0.15, 0.2) is 5.78 Å². The Kier molecular flexibility index (Phi) is 6.52. The maximum atomic E-state index is 13.7. The number of rotatable bonds is 8. The summed E-state index contributed by atoms with van der Waals surface area (Å²) in [5, 5.41) is 0. The Morgan fingerprint density at radius 1 is 0.957 bits per heavy atom. The van der Waals surface area contributed by atoms with E-state index in [0.29, 0.717) is 12.8 Å². The molecule has 2 aromatic rings. The van der Waals surface area contributed by atoms with E-state index in [0.717, 1.165) is 42.4 Å². The minimum Gasteiger partial charge on any atom is -0.294 e. The minimum absolute atomic E-state index is 0.136. The SMILES string of the molecule is CCCc1ccc(C(=O)CCCc2ccc(CC)c(F)c2)cc1. The van der Waals surface area contributed by atoms with Crippen LogP contribution in [0.5, 0.6) is 0 Å². The van der Waals surface area contributed by atoms with Crippen molar-refractivity contribution in [1.82, 2.24) is 0 Å². The summed E-state index contributed by atoms with van der Waals surface area (Å²) < 4.78 is 13.7. The van der Waals surface area contributed by atoms with Crippen LogP contribution >= 0.6 is 0 Å². The van der Waals surface area contributed by atoms with Crippen LogP contribution < -0.4 is 0 Å². The lowest BCUT2D eigenvalue weighted by molar-refractivity contribution is 0.0980. The fraction of sp³-hybridized carbons (Fsp3) is 0.381. The first-order chi connectivity index (χ1) is 11.1. The van der Waals surface area contributed by atoms with E-state index in [9.17, 15) is 9.18 Å². The van der Waals surface area contributed by atoms with Crippen molar-refractivity contribution in [2.45, 2.75) is 52.4 Å². The molecule has 0 amide bonds. The third-order valence-electron chi connectivity index (χ3n) is 4.18. The van der Waals surface area contributed by atoms with E-state index in [1.165, 1.54) is 5.56 Å². The largest absolute Gasteiger partial charge is 0.294 e. The Balaban J connectivity index is 1.85. The van der Waals surface area contributed by atoms with E-state index in [-0.39, 0.29) is 11.6 Å². The molecule has 0 spiro atoms. The average Bonchev–Trinajstić information content (AvgIpc) is 2.56. The van der Waals surface area contributed by atoms with E-state index in [1.807, 2.05) is 43.3 Å². The second-order valence-electron chi connectivity index (χ2n) is 6.00. The van der Waals surface area contributed by atoms with Crippen LogP contribution in [0.1, 0.15) is 60.2 Å². The van der Waals surface area contributed by atoms with Gasteiger partial charge < -0.3 is 0 Å². The van der Waals surface area contributed by atoms with Crippen molar-refractivity contribution < 1.29 is 9.18 Å². The molecular formula is C21H25FO. The van der Waals surface area contributed by atoms with Gasteiger partial charge in [-0.3, -0.25) is 4.79 Å². The molecule has 2 heteroatoms. The zero-order valence-corrected chi connectivity index (χ0v) is 14.1. The van der Waals surface area contributed by atoms with Crippen LogP contribution in [-0.4, -0.2) is 5.78 Å². The number of carbonyl (C=O) groups excluding carboxylic acids is 1. The number of benzene rings is 2. The molecule has 122 valence electrons. The Morgan fingerprint density at radius 3 is 2.26 bits per heavy atom. The van der Waals surface area contributed by atoms with Crippen LogP contribution in [0.15, 0.2) is 42.5 Å². The molecule has 2 aromatic carbocycles. The minimum atomic E-state index is -0.136. The molecule has 0 aromatic heterocycles. The second kappa shape index (κ2) is 8.61. The molecule has 0 aliphatic carbocycles. The van der Waals surface area contributed by atoms with Gasteiger partial charge in [-0.05, 0) is 48.4 Å². The molecule has 2 rings (SSSR count). The molecule has 0 aliphatic rings. The first-order valence-electron chi connectivity index (χ1n) is 8.53. The van der Waals surface area contributed by atoms with Crippen molar-refractivity contribution >= 4 is 5.78 Å². The smallest absolute Gasteiger partial charge is 0.162 e. The molecule has 0 saturated heterocycles. The van der Waals surface area contributed by atoms with Gasteiger partial charge in [0.2, 0.25) is 0 Å². The predicted octanol–water partition coefficient (Wildman–Crippen LogP) is 5.55. The zero-order chi connectivity index (χ0) is 16.7. The quantitative estimate of drug-likeness (QED) is 0.584. The van der Waals surface area contributed by atoms with Crippen LogP contribution in [0.2, 0.25) is 0 Å². The standard InChI is InChI=1S/C21H25FO/c1-3-6-16-9-13-19(14-10-16)21(23)8-5-7-17-11-12-18(4-2)20(22)15-17/h9-15H,3-8H2,1-2H3. The summed E-state index contributed by atoms with van der Waals surface area (Å²) in [6.45, 7) is 4.09. The third-order valence-corrected chi connectivity index (χ3v) is 4.18. The summed E-state index contributed by atoms with van der Waals surface area (Å²) in [4.78, 5) is 12.2. The number of halogens is 1. The van der Waals surface area contributed by atoms with E-state index >= 15 is 0 Å². The van der Waals surface area contributed by atoms with Gasteiger partial charge in [-0.2, -0.15) is 0 Å². The molecule has 0 atom stereocenters. The van der Waals surface area contributed by atoms with E-state index in [2.05, 4.69) is 6.92 Å². The molecule has 0 saturated carbocycles. The predicted molar refractivity (Wildman–Crippen MR) is 93.5 cm³/mol. The average molecular weight is 312 g/mol. The normalized spacial score (nSPS) is 10.7. The Morgan fingerprint density at radius 2 is 1.65 bits per heavy atom. The summed E-state index contributed by atoms with van der Waals surface area (Å²) in [7, 11) is 0. The van der Waals surface area contributed by atoms with Gasteiger partial charge in [0.05, 0.1) is 0 Å². The Bertz CT molecular complexity index is 643. The van der Waals surface area contributed by atoms with Crippen LogP contribution in [0, 0.1) is 5.82 Å². The molecular weight excluding hydrogens is 287 g/mol. The van der Waals surface area contributed by atoms with Crippen LogP contribution in [0.25, 0.3) is 0 Å². The van der Waals surface area contributed by atoms with E-state index in [1.54, 1.807) is 6.07 Å². The first-order valence-corrected chi connectivity index (χ1v) is 8.53. The van der Waals surface area contributed by atoms with Gasteiger partial charge in [-0.25, -0.2) is 4.39 Å². The van der Waals surface area contributed by atoms with Crippen molar-refractivity contribution in [3.8, 4) is 0 Å². The maximum Gasteiger partial charge on any atom is 0.162 e. The molecule has 0 bridgehead atoms. The van der Waals surface area contributed by atoms with Crippen LogP contribution in [0.4, 0.5) is 4.39 Å². The summed E-state index contributed by atoms with van der Waals surface area (Å²) in [5.74, 6) is 0.0292. The number of ketones is 1. The van der Waals surface area contributed by atoms with Gasteiger partial charge >= 0.3 is 0 Å². The first kappa shape index (κ1) is 17.4. The monoisotopic (exact) mass is 312 g/mol. The van der Waals surface area contributed by atoms with Gasteiger partial charge in [0, 0.05) is 12.0 Å². The summed E-state index contributed by atoms with van der Waals surface area (Å²) >= 11 is 0. The molecule has 0 aliphatic heterocycles. The molecule has 0 heterocycles. The van der Waals surface area contributed by atoms with Crippen molar-refractivity contribution in [1.29, 1.82) is 0 Å². The van der Waals surface area contributed by atoms with Crippen molar-refractivity contribution in [3.05, 3.63) is 70.5 Å². The topological polar surface area (TPSA) is 17.1 Å². The number of hydrogen-bond donors (Lipinski definition) is 0. The van der Waals surface area contributed by atoms with E-state index in [4.69, 9.17) is 0 Å². The van der Waals surface area contributed by atoms with Crippen LogP contribution in [-0.2, 0) is 19.3 Å². The van der Waals surface area contributed by atoms with Crippen molar-refractivity contribution in [2.75, 3.05) is 0 Å². The lowest BCUT2D eigenvalue weighted by Gasteiger charge is -2.05. The highest BCUT2D eigenvalue weighted by atomic mass is 19.1. The maximum absolute atomic E-state index is 13.7. The lowest BCUT2D eigenvalue weighted by atomic mass is 10.00. The summed E-state index contributed by atoms with van der Waals surface area (Å²) in [6.07, 6.45) is 4.86. The zero-order valence-electron chi connectivity index (χ0n) is 14.1. The Labute approximate surface area is 138 Å². The summed E-state index contributed by atoms with van der Waals surface area (Å²) in [5.41, 5.74) is 3.76. The number of hydrogen-bond acceptors (Lipinski definition) is 1. The van der Waals surface area contributed by atoms with Crippen LogP contribution in [0.3, 0.4) is 0 Å². The highest BCUT2D eigenvalue weighted by molar-refractivity contribution is 5.96. The molecule has 0 unspecified atom stereocenters. The molecule has 0 radical (unpaired) electrons. The van der Waals surface area contributed by atoms with Crippen molar-refractivity contribution in [3.63, 3.8) is 0 Å². The molecule has 23 heavy (non-hydrogen) atoms. The lowest BCUT2D eigenvalue weighted by Crippen LogP contribution is -2.01. The van der Waals surface area contributed by atoms with Crippen molar-refractivity contribution in [2.24, 2.45) is 0 Å². The number of aryl methyl sites for hydroxylation is 3. The molecule has 1 nitrogen and oxygen atoms in total. The summed E-state index contributed by atoms with van der Waals surface area (Å²) in [6, 6.07) is 13.3. The number of carbonyl (C=O) groups is 1.